The predicted molar refractivity (Wildman–Crippen MR) is 515 cm³/mol. The quantitative estimate of drug-likeness (QED) is 0.120. The molecule has 1 aromatic heterocycles. The molecule has 5 heterocycles. The third kappa shape index (κ3) is 12.1. The molecular weight excluding hydrogens is 1460 g/mol. The number of ether oxygens (including phenoxy) is 1. The molecule has 121 heavy (non-hydrogen) atoms. The van der Waals surface area contributed by atoms with E-state index in [0.29, 0.717) is 72.8 Å². The van der Waals surface area contributed by atoms with Crippen molar-refractivity contribution in [2.75, 3.05) is 14.7 Å². The lowest BCUT2D eigenvalue weighted by molar-refractivity contribution is 0.491. The molecule has 0 unspecified atom stereocenters. The minimum Gasteiger partial charge on any atom is -0.459 e. The van der Waals surface area contributed by atoms with Gasteiger partial charge in [-0.2, -0.15) is 0 Å². The van der Waals surface area contributed by atoms with Crippen molar-refractivity contribution in [3.63, 3.8) is 0 Å². The van der Waals surface area contributed by atoms with Gasteiger partial charge in [0.05, 0.1) is 45.7 Å². The first kappa shape index (κ1) is 57.1. The second kappa shape index (κ2) is 28.3. The van der Waals surface area contributed by atoms with Crippen LogP contribution in [0.3, 0.4) is 0 Å². The molecular formula is C114H90B2N4O. The minimum atomic E-state index is -1.56. The van der Waals surface area contributed by atoms with Gasteiger partial charge in [0.25, 0.3) is 13.4 Å². The zero-order valence-electron chi connectivity index (χ0n) is 85.4. The fraction of sp³-hybridized carbons (Fsp3) is 0.105. The van der Waals surface area contributed by atoms with E-state index in [4.69, 9.17) is 4.74 Å². The number of fused-ring (bicyclic) bond motifs is 12. The Labute approximate surface area is 734 Å². The third-order valence-corrected chi connectivity index (χ3v) is 24.3. The molecule has 7 heteroatoms. The van der Waals surface area contributed by atoms with Crippen molar-refractivity contribution in [3.05, 3.63) is 398 Å². The van der Waals surface area contributed by atoms with Crippen molar-refractivity contribution < 1.29 is 28.0 Å². The van der Waals surface area contributed by atoms with E-state index >= 15 is 0 Å². The molecule has 0 fully saturated rings. The topological polar surface area (TPSA) is 23.9 Å². The summed E-state index contributed by atoms with van der Waals surface area (Å²) in [6.07, 6.45) is 0. The van der Waals surface area contributed by atoms with Gasteiger partial charge in [-0.15, -0.1) is 0 Å². The van der Waals surface area contributed by atoms with Crippen molar-refractivity contribution in [2.45, 2.75) is 78.6 Å². The van der Waals surface area contributed by atoms with Crippen LogP contribution >= 0.6 is 0 Å². The first-order chi connectivity index (χ1) is 66.1. The Morgan fingerprint density at radius 2 is 0.669 bits per heavy atom. The molecule has 0 spiro atoms. The molecule has 17 aromatic carbocycles. The second-order valence-electron chi connectivity index (χ2n) is 34.9. The number of rotatable bonds is 11. The monoisotopic (exact) mass is 1570 g/mol. The van der Waals surface area contributed by atoms with E-state index < -0.39 is 102 Å². The minimum absolute atomic E-state index is 0.0155. The highest BCUT2D eigenvalue weighted by molar-refractivity contribution is 7.03. The van der Waals surface area contributed by atoms with Gasteiger partial charge >= 0.3 is 0 Å². The largest absolute Gasteiger partial charge is 0.459 e. The zero-order valence-corrected chi connectivity index (χ0v) is 68.4. The summed E-state index contributed by atoms with van der Waals surface area (Å²) in [6.45, 7) is 16.3. The van der Waals surface area contributed by atoms with Crippen molar-refractivity contribution in [2.24, 2.45) is 0 Å². The molecule has 4 aliphatic rings. The van der Waals surface area contributed by atoms with Gasteiger partial charge in [-0.3, -0.25) is 0 Å². The van der Waals surface area contributed by atoms with Crippen LogP contribution in [0.1, 0.15) is 102 Å². The molecule has 4 aliphatic heterocycles. The van der Waals surface area contributed by atoms with Crippen LogP contribution in [0.5, 0.6) is 11.5 Å². The lowest BCUT2D eigenvalue weighted by atomic mass is 9.30. The Bertz CT molecular complexity index is 8120. The van der Waals surface area contributed by atoms with E-state index in [1.165, 1.54) is 4.57 Å². The van der Waals surface area contributed by atoms with Gasteiger partial charge in [-0.1, -0.05) is 353 Å². The lowest BCUT2D eigenvalue weighted by Crippen LogP contribution is -2.65. The van der Waals surface area contributed by atoms with Crippen LogP contribution in [-0.2, 0) is 16.2 Å². The van der Waals surface area contributed by atoms with Gasteiger partial charge in [0.1, 0.15) is 11.5 Å². The first-order valence-electron chi connectivity index (χ1n) is 49.8. The molecule has 22 rings (SSSR count). The fourth-order valence-corrected chi connectivity index (χ4v) is 18.3. The third-order valence-electron chi connectivity index (χ3n) is 24.3. The number of para-hydroxylation sites is 2. The van der Waals surface area contributed by atoms with Crippen LogP contribution in [0.15, 0.2) is 382 Å². The Balaban J connectivity index is 1.03. The molecule has 0 radical (unpaired) electrons. The van der Waals surface area contributed by atoms with Crippen LogP contribution in [0.4, 0.5) is 51.2 Å². The molecule has 0 amide bonds. The van der Waals surface area contributed by atoms with Crippen LogP contribution < -0.4 is 52.2 Å². The van der Waals surface area contributed by atoms with Crippen LogP contribution in [0.25, 0.3) is 105 Å². The summed E-state index contributed by atoms with van der Waals surface area (Å²) in [5.74, 6) is -0.311. The summed E-state index contributed by atoms with van der Waals surface area (Å²) in [5.41, 5.74) is 10.1. The highest BCUT2D eigenvalue weighted by atomic mass is 16.5. The Kier molecular flexibility index (Phi) is 13.3. The van der Waals surface area contributed by atoms with E-state index in [1.807, 2.05) is 144 Å². The number of benzene rings is 17. The fourth-order valence-electron chi connectivity index (χ4n) is 18.3. The van der Waals surface area contributed by atoms with Gasteiger partial charge in [0, 0.05) is 78.5 Å². The Morgan fingerprint density at radius 3 is 1.16 bits per heavy atom. The molecule has 578 valence electrons. The molecule has 18 aromatic rings. The van der Waals surface area contributed by atoms with Gasteiger partial charge in [0.15, 0.2) is 0 Å². The Hall–Kier alpha value is -14.1. The van der Waals surface area contributed by atoms with E-state index in [1.54, 1.807) is 83.8 Å². The standard InChI is InChI=1S/C114H90B2N4O/c1-112(2,3)83-65-90(76-42-24-13-25-43-76)109(91(66-83)77-44-26-14-27-45-77)119-100-71-87(118-97-53-35-34-52-88(97)89-58-54-82(64-99(89)118)75-40-22-12-23-41-75)57-59-94(100)116-106-101(119)69-85(114(7,8)9)70-102(106)120(110-92(78-46-28-15-29-47-78)67-84(113(4,5)6)68-93(110)79-48-30-16-31-49-79)104-72-103-107-111(108(104)116)121-105-61-56-81(74-38-20-11-21-39-74)63-96(105)115(107)95-62-80(73-36-18-10-19-37-73)55-60-98(95)117(103)86-50-32-17-33-51-86/h10-72H,1-9H3/i34D,35D,52D,53D,54D,55D,56D,57D,58D,59D,60D,61D,62D,63D,64D,71D,72D. The number of hydrogen-bond acceptors (Lipinski definition) is 4. The van der Waals surface area contributed by atoms with E-state index in [2.05, 4.69) is 128 Å². The van der Waals surface area contributed by atoms with Crippen LogP contribution in [-0.4, -0.2) is 18.0 Å². The van der Waals surface area contributed by atoms with Crippen molar-refractivity contribution in [1.29, 1.82) is 0 Å². The predicted octanol–water partition coefficient (Wildman–Crippen LogP) is 26.8. The van der Waals surface area contributed by atoms with Crippen molar-refractivity contribution >= 4 is 119 Å². The molecule has 0 saturated heterocycles. The summed E-state index contributed by atoms with van der Waals surface area (Å²) in [6, 6.07) is 81.0. The summed E-state index contributed by atoms with van der Waals surface area (Å²) >= 11 is 0. The van der Waals surface area contributed by atoms with Gasteiger partial charge < -0.3 is 24.0 Å². The van der Waals surface area contributed by atoms with Crippen LogP contribution in [0, 0.1) is 0 Å². The summed E-state index contributed by atoms with van der Waals surface area (Å²) in [5, 5.41) is -0.480. The van der Waals surface area contributed by atoms with E-state index in [9.17, 15) is 23.3 Å². The normalized spacial score (nSPS) is 15.1. The maximum absolute atomic E-state index is 12.6. The van der Waals surface area contributed by atoms with E-state index in [0.717, 1.165) is 38.9 Å². The zero-order chi connectivity index (χ0) is 96.5. The average molecular weight is 1570 g/mol. The van der Waals surface area contributed by atoms with Crippen molar-refractivity contribution in [1.82, 2.24) is 4.57 Å². The smallest absolute Gasteiger partial charge is 0.256 e. The number of nitrogens with zero attached hydrogens (tertiary/aromatic N) is 4. The number of aromatic nitrogens is 1. The summed E-state index contributed by atoms with van der Waals surface area (Å²) < 4.78 is 194. The maximum Gasteiger partial charge on any atom is 0.256 e. The summed E-state index contributed by atoms with van der Waals surface area (Å²) in [4.78, 5) is 5.96. The van der Waals surface area contributed by atoms with Crippen molar-refractivity contribution in [3.8, 4) is 95.1 Å². The highest BCUT2D eigenvalue weighted by Crippen LogP contribution is 2.58. The van der Waals surface area contributed by atoms with Gasteiger partial charge in [-0.05, 0) is 212 Å². The highest BCUT2D eigenvalue weighted by Gasteiger charge is 2.52. The Morgan fingerprint density at radius 1 is 0.273 bits per heavy atom. The lowest BCUT2D eigenvalue weighted by Gasteiger charge is -2.49. The molecule has 0 aliphatic carbocycles. The first-order valence-corrected chi connectivity index (χ1v) is 41.3. The number of anilines is 9. The molecule has 5 nitrogen and oxygen atoms in total. The molecule has 0 N–H and O–H groups in total. The van der Waals surface area contributed by atoms with E-state index in [-0.39, 0.29) is 136 Å². The molecule has 0 saturated carbocycles. The number of hydrogen-bond donors (Lipinski definition) is 0. The average Bonchev–Trinajstić information content (AvgIpc) is 0.711. The van der Waals surface area contributed by atoms with Gasteiger partial charge in [-0.25, -0.2) is 0 Å². The molecule has 0 atom stereocenters. The van der Waals surface area contributed by atoms with Crippen LogP contribution in [0.2, 0.25) is 0 Å². The second-order valence-corrected chi connectivity index (χ2v) is 34.9. The summed E-state index contributed by atoms with van der Waals surface area (Å²) in [7, 11) is 0. The maximum atomic E-state index is 12.6. The van der Waals surface area contributed by atoms with Gasteiger partial charge in [0.2, 0.25) is 0 Å². The SMILES string of the molecule is [2H]c1c([2H])c(-c2ccccc2)c([2H])c2c1Oc1c3c(c([2H])c4c1B1c5c(cc(C(C)(C)C)cc5N4c4c(-c5ccccc5)cc(C(C)(C)C)cc4-c4ccccc4)N(c4c(-c5ccccc5)cc(C(C)(C)C)cc4-c4ccccc4)c4c([2H])c(-n5c6c([2H])c([2H])c([2H])c([2H])c6c6c([2H])c([2H])c(-c7ccccc7)c([2H])c65)c([2H])c([2H])c41)N(c1ccccc1)c1c([2H])c([2H])c(-c4ccccc4)c([2H])c1B23. The molecule has 0 bridgehead atoms.